The molecule has 0 bridgehead atoms. The molecule has 1 unspecified atom stereocenters. The van der Waals surface area contributed by atoms with Gasteiger partial charge in [0.2, 0.25) is 0 Å². The highest BCUT2D eigenvalue weighted by Gasteiger charge is 2.38. The summed E-state index contributed by atoms with van der Waals surface area (Å²) in [4.78, 5) is 40.3. The van der Waals surface area contributed by atoms with Crippen LogP contribution in [0.15, 0.2) is 23.1 Å². The number of amides is 2. The van der Waals surface area contributed by atoms with Gasteiger partial charge in [-0.1, -0.05) is 13.0 Å². The van der Waals surface area contributed by atoms with Crippen LogP contribution in [0, 0.1) is 0 Å². The molecule has 0 spiro atoms. The number of fused-ring (bicyclic) bond motifs is 1. The number of benzene rings is 1. The van der Waals surface area contributed by atoms with E-state index in [4.69, 9.17) is 4.74 Å². The molecule has 2 amide bonds. The molecule has 2 aliphatic rings. The number of imide groups is 1. The third-order valence-corrected chi connectivity index (χ3v) is 6.49. The van der Waals surface area contributed by atoms with Crippen molar-refractivity contribution in [2.45, 2.75) is 65.5 Å². The first kappa shape index (κ1) is 22.4. The molecule has 6 nitrogen and oxygen atoms in total. The monoisotopic (exact) mass is 430 g/mol. The van der Waals surface area contributed by atoms with Gasteiger partial charge in [-0.15, -0.1) is 0 Å². The van der Waals surface area contributed by atoms with Crippen molar-refractivity contribution in [3.05, 3.63) is 34.2 Å². The van der Waals surface area contributed by atoms with E-state index in [2.05, 4.69) is 51.7 Å². The van der Waals surface area contributed by atoms with Crippen molar-refractivity contribution in [1.29, 1.82) is 0 Å². The van der Waals surface area contributed by atoms with Gasteiger partial charge in [-0.25, -0.2) is 0 Å². The summed E-state index contributed by atoms with van der Waals surface area (Å²) in [6.45, 7) is 12.7. The summed E-state index contributed by atoms with van der Waals surface area (Å²) >= 11 is 0.860. The Labute approximate surface area is 182 Å². The van der Waals surface area contributed by atoms with Crippen molar-refractivity contribution in [3.8, 4) is 0 Å². The third-order valence-electron chi connectivity index (χ3n) is 5.58. The number of esters is 1. The second-order valence-corrected chi connectivity index (χ2v) is 9.77. The Balaban J connectivity index is 1.89. The van der Waals surface area contributed by atoms with Gasteiger partial charge in [0.15, 0.2) is 0 Å². The van der Waals surface area contributed by atoms with E-state index in [1.807, 2.05) is 6.07 Å². The zero-order chi connectivity index (χ0) is 22.2. The average molecular weight is 431 g/mol. The Kier molecular flexibility index (Phi) is 6.32. The normalized spacial score (nSPS) is 22.1. The smallest absolute Gasteiger partial charge is 0.326 e. The zero-order valence-corrected chi connectivity index (χ0v) is 19.3. The maximum Gasteiger partial charge on any atom is 0.326 e. The molecular weight excluding hydrogens is 400 g/mol. The molecule has 0 aromatic heterocycles. The summed E-state index contributed by atoms with van der Waals surface area (Å²) in [5.41, 5.74) is 3.42. The van der Waals surface area contributed by atoms with Crippen LogP contribution < -0.4 is 4.90 Å². The quantitative estimate of drug-likeness (QED) is 0.494. The zero-order valence-electron chi connectivity index (χ0n) is 18.5. The minimum Gasteiger partial charge on any atom is -0.465 e. The van der Waals surface area contributed by atoms with Crippen LogP contribution in [0.4, 0.5) is 10.5 Å². The fraction of sp³-hybridized carbons (Fsp3) is 0.522. The van der Waals surface area contributed by atoms with Crippen molar-refractivity contribution in [2.75, 3.05) is 18.1 Å². The Morgan fingerprint density at radius 3 is 2.67 bits per heavy atom. The molecule has 2 heterocycles. The predicted octanol–water partition coefficient (Wildman–Crippen LogP) is 4.79. The number of rotatable bonds is 5. The third kappa shape index (κ3) is 4.26. The lowest BCUT2D eigenvalue weighted by molar-refractivity contribution is -0.145. The highest BCUT2D eigenvalue weighted by Crippen LogP contribution is 2.45. The largest absolute Gasteiger partial charge is 0.465 e. The average Bonchev–Trinajstić information content (AvgIpc) is 2.89. The van der Waals surface area contributed by atoms with Crippen LogP contribution >= 0.6 is 11.8 Å². The molecule has 1 aromatic rings. The maximum absolute atomic E-state index is 12.6. The standard InChI is InChI=1S/C23H30N2O4S/c1-7-29-20(26)13-24-21(27)19(30-22(24)28)11-16-8-9-18-17(10-16)15(4)12-23(5,6)25(18)14(2)3/h8-11,14-15H,7,12-13H2,1-6H3/b19-11+. The van der Waals surface area contributed by atoms with Gasteiger partial charge in [0, 0.05) is 17.3 Å². The highest BCUT2D eigenvalue weighted by molar-refractivity contribution is 8.18. The molecule has 7 heteroatoms. The Morgan fingerprint density at radius 2 is 2.03 bits per heavy atom. The molecule has 2 aliphatic heterocycles. The minimum atomic E-state index is -0.583. The van der Waals surface area contributed by atoms with Gasteiger partial charge in [-0.05, 0) is 88.1 Å². The number of nitrogens with zero attached hydrogens (tertiary/aromatic N) is 2. The van der Waals surface area contributed by atoms with Gasteiger partial charge in [0.25, 0.3) is 11.1 Å². The molecule has 30 heavy (non-hydrogen) atoms. The van der Waals surface area contributed by atoms with Gasteiger partial charge >= 0.3 is 5.97 Å². The van der Waals surface area contributed by atoms with Crippen molar-refractivity contribution in [3.63, 3.8) is 0 Å². The van der Waals surface area contributed by atoms with E-state index in [0.717, 1.165) is 28.6 Å². The van der Waals surface area contributed by atoms with Crippen LogP contribution in [0.3, 0.4) is 0 Å². The highest BCUT2D eigenvalue weighted by atomic mass is 32.2. The van der Waals surface area contributed by atoms with E-state index in [0.29, 0.717) is 16.9 Å². The molecule has 1 fully saturated rings. The summed E-state index contributed by atoms with van der Waals surface area (Å²) in [6, 6.07) is 6.59. The van der Waals surface area contributed by atoms with E-state index in [9.17, 15) is 14.4 Å². The first-order chi connectivity index (χ1) is 14.0. The van der Waals surface area contributed by atoms with Gasteiger partial charge in [-0.3, -0.25) is 19.3 Å². The van der Waals surface area contributed by atoms with Crippen molar-refractivity contribution < 1.29 is 19.1 Å². The van der Waals surface area contributed by atoms with Crippen LogP contribution in [0.2, 0.25) is 0 Å². The van der Waals surface area contributed by atoms with Crippen LogP contribution in [-0.2, 0) is 14.3 Å². The maximum atomic E-state index is 12.6. The Hall–Kier alpha value is -2.28. The number of thioether (sulfide) groups is 1. The first-order valence-corrected chi connectivity index (χ1v) is 11.2. The van der Waals surface area contributed by atoms with Gasteiger partial charge < -0.3 is 9.64 Å². The lowest BCUT2D eigenvalue weighted by atomic mass is 9.79. The Bertz CT molecular complexity index is 906. The molecular formula is C23H30N2O4S. The number of anilines is 1. The molecule has 0 N–H and O–H groups in total. The van der Waals surface area contributed by atoms with Crippen LogP contribution in [0.5, 0.6) is 0 Å². The summed E-state index contributed by atoms with van der Waals surface area (Å²) in [5.74, 6) is -0.647. The number of hydrogen-bond acceptors (Lipinski definition) is 6. The molecule has 0 radical (unpaired) electrons. The molecule has 3 rings (SSSR count). The fourth-order valence-corrected chi connectivity index (χ4v) is 5.50. The number of carbonyl (C=O) groups is 3. The lowest BCUT2D eigenvalue weighted by Crippen LogP contribution is -2.51. The van der Waals surface area contributed by atoms with E-state index in [1.165, 1.54) is 11.3 Å². The predicted molar refractivity (Wildman–Crippen MR) is 120 cm³/mol. The van der Waals surface area contributed by atoms with E-state index >= 15 is 0 Å². The molecule has 0 saturated carbocycles. The van der Waals surface area contributed by atoms with E-state index < -0.39 is 17.1 Å². The van der Waals surface area contributed by atoms with Crippen molar-refractivity contribution >= 4 is 40.6 Å². The number of hydrogen-bond donors (Lipinski definition) is 0. The van der Waals surface area contributed by atoms with Crippen molar-refractivity contribution in [2.24, 2.45) is 0 Å². The minimum absolute atomic E-state index is 0.0673. The number of ether oxygens (including phenoxy) is 1. The second kappa shape index (κ2) is 8.46. The molecule has 1 aromatic carbocycles. The van der Waals surface area contributed by atoms with Gasteiger partial charge in [0.1, 0.15) is 6.54 Å². The molecule has 162 valence electrons. The summed E-state index contributed by atoms with van der Waals surface area (Å²) < 4.78 is 4.86. The second-order valence-electron chi connectivity index (χ2n) is 8.77. The van der Waals surface area contributed by atoms with Crippen LogP contribution in [-0.4, -0.2) is 46.7 Å². The number of carbonyl (C=O) groups excluding carboxylic acids is 3. The van der Waals surface area contributed by atoms with E-state index in [-0.39, 0.29) is 18.7 Å². The fourth-order valence-electron chi connectivity index (χ4n) is 4.66. The molecule has 0 aliphatic carbocycles. The van der Waals surface area contributed by atoms with Gasteiger partial charge in [0.05, 0.1) is 11.5 Å². The van der Waals surface area contributed by atoms with Crippen LogP contribution in [0.1, 0.15) is 65.0 Å². The summed E-state index contributed by atoms with van der Waals surface area (Å²) in [6.07, 6.45) is 2.78. The van der Waals surface area contributed by atoms with Crippen molar-refractivity contribution in [1.82, 2.24) is 4.90 Å². The summed E-state index contributed by atoms with van der Waals surface area (Å²) in [7, 11) is 0. The summed E-state index contributed by atoms with van der Waals surface area (Å²) in [5, 5.41) is -0.446. The topological polar surface area (TPSA) is 66.9 Å². The van der Waals surface area contributed by atoms with Gasteiger partial charge in [-0.2, -0.15) is 0 Å². The molecule has 1 saturated heterocycles. The molecule has 1 atom stereocenters. The van der Waals surface area contributed by atoms with E-state index in [1.54, 1.807) is 13.0 Å². The van der Waals surface area contributed by atoms with Crippen LogP contribution in [0.25, 0.3) is 6.08 Å². The lowest BCUT2D eigenvalue weighted by Gasteiger charge is -2.50. The Morgan fingerprint density at radius 1 is 1.33 bits per heavy atom. The first-order valence-electron chi connectivity index (χ1n) is 10.4. The SMILES string of the molecule is CCOC(=O)CN1C(=O)S/C(=C/c2ccc3c(c2)C(C)CC(C)(C)N3C(C)C)C1=O.